The first-order valence-electron chi connectivity index (χ1n) is 40.6. The Morgan fingerprint density at radius 3 is 0.767 bits per heavy atom. The lowest BCUT2D eigenvalue weighted by atomic mass is 9.93. The number of hydrogen-bond donors (Lipinski definition) is 0. The molecule has 6 aromatic heterocycles. The van der Waals surface area contributed by atoms with Crippen molar-refractivity contribution < 1.29 is 13.3 Å². The SMILES string of the molecule is c1ccc(-c2ccccc2-c2sc(-c3ccccc3-c3ccc4c(c3)oc3ccccc34)c3ccccc23)cc1.c1ccc(-c2ccccc2-c2sc(-c3ccccc3-c3ccc4oc5ccccc5c4c3)c3ccccc23)cc1.c1ccc(-c2ccccc2-c2sc(-c3ccccc3-c3cccc4oc5ccccc5c34)c3ccccc23)cc1. The molecule has 564 valence electrons. The van der Waals surface area contributed by atoms with Gasteiger partial charge in [-0.3, -0.25) is 0 Å². The number of para-hydroxylation sites is 3. The monoisotopic (exact) mass is 1580 g/mol. The Morgan fingerprint density at radius 2 is 0.367 bits per heavy atom. The topological polar surface area (TPSA) is 39.4 Å². The molecule has 0 amide bonds. The maximum absolute atomic E-state index is 6.25. The molecule has 0 bridgehead atoms. The lowest BCUT2D eigenvalue weighted by Crippen LogP contribution is -1.84. The molecular formula is C114H72O3S3. The zero-order chi connectivity index (χ0) is 79.4. The van der Waals surface area contributed by atoms with Gasteiger partial charge in [0.2, 0.25) is 0 Å². The van der Waals surface area contributed by atoms with Crippen LogP contribution in [0.25, 0.3) is 228 Å². The number of fused-ring (bicyclic) bond motifs is 12. The van der Waals surface area contributed by atoms with Crippen LogP contribution in [0.2, 0.25) is 0 Å². The third-order valence-corrected chi connectivity index (χ3v) is 27.1. The summed E-state index contributed by atoms with van der Waals surface area (Å²) in [6.07, 6.45) is 0. The highest BCUT2D eigenvalue weighted by atomic mass is 32.1. The molecule has 0 unspecified atom stereocenters. The van der Waals surface area contributed by atoms with E-state index in [0.717, 1.165) is 66.0 Å². The zero-order valence-electron chi connectivity index (χ0n) is 65.0. The second-order valence-corrected chi connectivity index (χ2v) is 33.2. The third kappa shape index (κ3) is 12.9. The first kappa shape index (κ1) is 71.8. The average molecular weight is 1590 g/mol. The van der Waals surface area contributed by atoms with E-state index in [2.05, 4.69) is 400 Å². The smallest absolute Gasteiger partial charge is 0.136 e. The summed E-state index contributed by atoms with van der Waals surface area (Å²) in [6, 6.07) is 156. The standard InChI is InChI=1S/3C38H24OS/c1-2-13-25(14-3-1)26-15-4-6-17-29(26)37-31-19-8-9-20-32(31)38(40-37)30-18-7-5-16-27(30)28-22-12-24-35-36(28)33-21-10-11-23-34(33)39-35;1-2-12-25(13-3-1)27-14-4-6-17-31(27)37-33-19-8-9-20-34(33)38(40-37)32-18-7-5-15-28(32)26-22-23-30-29-16-10-11-21-35(29)39-36(30)24-26;1-2-12-25(13-3-1)27-14-4-6-17-30(27)37-32-19-8-9-20-33(32)38(40-37)31-18-7-5-15-28(31)26-22-23-36-34(24-26)29-16-10-11-21-35(29)39-36/h3*1-24H. The Labute approximate surface area is 706 Å². The molecule has 0 spiro atoms. The second-order valence-electron chi connectivity index (χ2n) is 30.2. The molecule has 6 heteroatoms. The Morgan fingerprint density at radius 1 is 0.125 bits per heavy atom. The Balaban J connectivity index is 0.000000108. The van der Waals surface area contributed by atoms with Crippen LogP contribution in [-0.2, 0) is 0 Å². The lowest BCUT2D eigenvalue weighted by molar-refractivity contribution is 0.668. The van der Waals surface area contributed by atoms with Gasteiger partial charge in [0.25, 0.3) is 0 Å². The molecule has 0 atom stereocenters. The number of thiophene rings is 3. The van der Waals surface area contributed by atoms with Crippen LogP contribution < -0.4 is 0 Å². The molecule has 0 aliphatic carbocycles. The minimum atomic E-state index is 0.919. The van der Waals surface area contributed by atoms with Gasteiger partial charge in [-0.2, -0.15) is 0 Å². The van der Waals surface area contributed by atoms with Crippen molar-refractivity contribution in [3.8, 4) is 129 Å². The predicted octanol–water partition coefficient (Wildman–Crippen LogP) is 34.4. The summed E-state index contributed by atoms with van der Waals surface area (Å²) in [5, 5.41) is 14.6. The molecule has 0 aliphatic rings. The zero-order valence-corrected chi connectivity index (χ0v) is 67.5. The Hall–Kier alpha value is -14.8. The van der Waals surface area contributed by atoms with Crippen LogP contribution in [0, 0.1) is 0 Å². The number of rotatable bonds is 12. The first-order chi connectivity index (χ1) is 59.6. The molecule has 0 fully saturated rings. The quantitative estimate of drug-likeness (QED) is 0.122. The van der Waals surface area contributed by atoms with Crippen LogP contribution in [-0.4, -0.2) is 0 Å². The molecule has 0 saturated heterocycles. The van der Waals surface area contributed by atoms with Crippen LogP contribution in [0.4, 0.5) is 0 Å². The van der Waals surface area contributed by atoms with E-state index in [1.165, 1.54) is 162 Å². The van der Waals surface area contributed by atoms with Crippen molar-refractivity contribution >= 4 is 132 Å². The van der Waals surface area contributed by atoms with Gasteiger partial charge in [0.1, 0.15) is 33.5 Å². The predicted molar refractivity (Wildman–Crippen MR) is 513 cm³/mol. The summed E-state index contributed by atoms with van der Waals surface area (Å²) < 4.78 is 18.6. The minimum absolute atomic E-state index is 0.919. The van der Waals surface area contributed by atoms with E-state index < -0.39 is 0 Å². The molecule has 24 rings (SSSR count). The molecule has 0 saturated carbocycles. The van der Waals surface area contributed by atoms with E-state index in [1.807, 2.05) is 70.4 Å². The van der Waals surface area contributed by atoms with Crippen LogP contribution >= 0.6 is 34.0 Å². The Bertz CT molecular complexity index is 7970. The number of benzene rings is 18. The van der Waals surface area contributed by atoms with Gasteiger partial charge in [0.15, 0.2) is 0 Å². The highest BCUT2D eigenvalue weighted by Gasteiger charge is 2.25. The third-order valence-electron chi connectivity index (χ3n) is 23.2. The first-order valence-corrected chi connectivity index (χ1v) is 43.0. The maximum atomic E-state index is 6.25. The van der Waals surface area contributed by atoms with Crippen LogP contribution in [0.5, 0.6) is 0 Å². The van der Waals surface area contributed by atoms with Gasteiger partial charge in [0, 0.05) is 127 Å². The highest BCUT2D eigenvalue weighted by molar-refractivity contribution is 7.22. The molecule has 6 heterocycles. The van der Waals surface area contributed by atoms with Crippen LogP contribution in [0.15, 0.2) is 450 Å². The maximum Gasteiger partial charge on any atom is 0.136 e. The fraction of sp³-hybridized carbons (Fsp3) is 0. The molecular weight excluding hydrogens is 1510 g/mol. The minimum Gasteiger partial charge on any atom is -0.456 e. The van der Waals surface area contributed by atoms with Crippen LogP contribution in [0.3, 0.4) is 0 Å². The second kappa shape index (κ2) is 31.0. The van der Waals surface area contributed by atoms with Gasteiger partial charge in [0.05, 0.1) is 0 Å². The summed E-state index contributed by atoms with van der Waals surface area (Å²) in [6.45, 7) is 0. The van der Waals surface area contributed by atoms with Crippen LogP contribution in [0.1, 0.15) is 0 Å². The number of furan rings is 3. The van der Waals surface area contributed by atoms with Gasteiger partial charge in [-0.25, -0.2) is 0 Å². The van der Waals surface area contributed by atoms with Crippen molar-refractivity contribution in [2.45, 2.75) is 0 Å². The molecule has 120 heavy (non-hydrogen) atoms. The van der Waals surface area contributed by atoms with Crippen molar-refractivity contribution in [2.24, 2.45) is 0 Å². The van der Waals surface area contributed by atoms with Gasteiger partial charge in [-0.15, -0.1) is 34.0 Å². The van der Waals surface area contributed by atoms with Crippen molar-refractivity contribution in [1.29, 1.82) is 0 Å². The van der Waals surface area contributed by atoms with E-state index in [0.29, 0.717) is 0 Å². The molecule has 24 aromatic rings. The Kier molecular flexibility index (Phi) is 18.6. The van der Waals surface area contributed by atoms with Gasteiger partial charge >= 0.3 is 0 Å². The average Bonchev–Trinajstić information content (AvgIpc) is 1.57. The van der Waals surface area contributed by atoms with Crippen molar-refractivity contribution in [2.75, 3.05) is 0 Å². The molecule has 0 N–H and O–H groups in total. The normalized spacial score (nSPS) is 11.5. The highest BCUT2D eigenvalue weighted by Crippen LogP contribution is 2.54. The van der Waals surface area contributed by atoms with E-state index >= 15 is 0 Å². The molecule has 18 aromatic carbocycles. The van der Waals surface area contributed by atoms with Gasteiger partial charge in [-0.1, -0.05) is 388 Å². The summed E-state index contributed by atoms with van der Waals surface area (Å²) in [7, 11) is 0. The van der Waals surface area contributed by atoms with Gasteiger partial charge in [-0.05, 0) is 115 Å². The lowest BCUT2D eigenvalue weighted by Gasteiger charge is -2.11. The van der Waals surface area contributed by atoms with Crippen molar-refractivity contribution in [3.63, 3.8) is 0 Å². The van der Waals surface area contributed by atoms with Crippen molar-refractivity contribution in [1.82, 2.24) is 0 Å². The van der Waals surface area contributed by atoms with E-state index in [9.17, 15) is 0 Å². The number of hydrogen-bond acceptors (Lipinski definition) is 6. The molecule has 3 nitrogen and oxygen atoms in total. The van der Waals surface area contributed by atoms with Gasteiger partial charge < -0.3 is 13.3 Å². The van der Waals surface area contributed by atoms with E-state index in [1.54, 1.807) is 0 Å². The summed E-state index contributed by atoms with van der Waals surface area (Å²) in [5.74, 6) is 0. The fourth-order valence-corrected chi connectivity index (χ4v) is 21.8. The summed E-state index contributed by atoms with van der Waals surface area (Å²) in [4.78, 5) is 7.76. The van der Waals surface area contributed by atoms with E-state index in [-0.39, 0.29) is 0 Å². The summed E-state index contributed by atoms with van der Waals surface area (Å²) in [5.41, 5.74) is 27.7. The molecule has 0 radical (unpaired) electrons. The fourth-order valence-electron chi connectivity index (χ4n) is 17.7. The molecule has 0 aliphatic heterocycles. The van der Waals surface area contributed by atoms with E-state index in [4.69, 9.17) is 13.3 Å². The van der Waals surface area contributed by atoms with Crippen molar-refractivity contribution in [3.05, 3.63) is 437 Å². The largest absolute Gasteiger partial charge is 0.456 e. The summed E-state index contributed by atoms with van der Waals surface area (Å²) >= 11 is 5.65.